The van der Waals surface area contributed by atoms with Crippen LogP contribution in [0.25, 0.3) is 0 Å². The van der Waals surface area contributed by atoms with Gasteiger partial charge in [-0.25, -0.2) is 4.99 Å². The van der Waals surface area contributed by atoms with Crippen LogP contribution in [-0.2, 0) is 11.2 Å². The average molecular weight is 507 g/mol. The maximum absolute atomic E-state index is 13.2. The molecule has 0 spiro atoms. The summed E-state index contributed by atoms with van der Waals surface area (Å²) in [4.78, 5) is 19.7. The zero-order valence-corrected chi connectivity index (χ0v) is 20.6. The van der Waals surface area contributed by atoms with Crippen LogP contribution in [0.3, 0.4) is 0 Å². The third-order valence-corrected chi connectivity index (χ3v) is 6.72. The highest BCUT2D eigenvalue weighted by Crippen LogP contribution is 2.38. The molecule has 1 aliphatic rings. The van der Waals surface area contributed by atoms with Crippen LogP contribution >= 0.6 is 27.7 Å². The van der Waals surface area contributed by atoms with Crippen molar-refractivity contribution in [2.75, 3.05) is 27.4 Å². The number of carbonyl (C=O) groups excluding carboxylic acids is 1. The Morgan fingerprint density at radius 3 is 2.45 bits per heavy atom. The molecular formula is C23H27BrN2O4S. The number of hydrogen-bond donors (Lipinski definition) is 0. The molecule has 0 saturated carbocycles. The van der Waals surface area contributed by atoms with Crippen LogP contribution in [0.5, 0.6) is 17.2 Å². The molecule has 0 aliphatic carbocycles. The molecule has 0 aromatic heterocycles. The van der Waals surface area contributed by atoms with Gasteiger partial charge in [0.15, 0.2) is 16.7 Å². The Morgan fingerprint density at radius 2 is 1.84 bits per heavy atom. The van der Waals surface area contributed by atoms with Crippen LogP contribution in [-0.4, -0.2) is 48.6 Å². The Hall–Kier alpha value is -2.19. The first-order valence-electron chi connectivity index (χ1n) is 10.2. The highest BCUT2D eigenvalue weighted by Gasteiger charge is 2.38. The fourth-order valence-corrected chi connectivity index (χ4v) is 4.98. The molecule has 1 saturated heterocycles. The van der Waals surface area contributed by atoms with Crippen molar-refractivity contribution in [1.29, 1.82) is 0 Å². The molecule has 1 amide bonds. The van der Waals surface area contributed by atoms with Crippen molar-refractivity contribution in [3.8, 4) is 17.2 Å². The van der Waals surface area contributed by atoms with Crippen molar-refractivity contribution in [3.05, 3.63) is 46.4 Å². The van der Waals surface area contributed by atoms with Crippen LogP contribution in [0.4, 0.5) is 5.69 Å². The second-order valence-corrected chi connectivity index (χ2v) is 8.94. The van der Waals surface area contributed by atoms with Crippen molar-refractivity contribution in [1.82, 2.24) is 4.90 Å². The molecule has 1 fully saturated rings. The highest BCUT2D eigenvalue weighted by molar-refractivity contribution is 9.10. The standard InChI is InChI=1S/C23H27BrN2O4S/c1-5-11-26-22(27)21(31-23(26)25-16-7-9-17(28-3)10-8-16)13-15-12-19(29-4)20(30-6-2)14-18(15)24/h7-10,12,14,21H,5-6,11,13H2,1-4H3/t21-/m1/s1. The Balaban J connectivity index is 1.85. The summed E-state index contributed by atoms with van der Waals surface area (Å²) >= 11 is 5.13. The van der Waals surface area contributed by atoms with Crippen molar-refractivity contribution in [3.63, 3.8) is 0 Å². The quantitative estimate of drug-likeness (QED) is 0.452. The van der Waals surface area contributed by atoms with Crippen molar-refractivity contribution in [2.45, 2.75) is 31.9 Å². The van der Waals surface area contributed by atoms with Gasteiger partial charge in [0.05, 0.1) is 31.8 Å². The minimum absolute atomic E-state index is 0.0823. The molecule has 6 nitrogen and oxygen atoms in total. The maximum atomic E-state index is 13.2. The molecule has 2 aromatic carbocycles. The number of rotatable bonds is 9. The summed E-state index contributed by atoms with van der Waals surface area (Å²) in [5.74, 6) is 2.20. The zero-order chi connectivity index (χ0) is 22.4. The van der Waals surface area contributed by atoms with Gasteiger partial charge >= 0.3 is 0 Å². The van der Waals surface area contributed by atoms with Gasteiger partial charge in [0, 0.05) is 11.0 Å². The fourth-order valence-electron chi connectivity index (χ4n) is 3.28. The van der Waals surface area contributed by atoms with E-state index in [0.717, 1.165) is 33.1 Å². The van der Waals surface area contributed by atoms with E-state index >= 15 is 0 Å². The number of nitrogens with zero attached hydrogens (tertiary/aromatic N) is 2. The van der Waals surface area contributed by atoms with Crippen molar-refractivity contribution < 1.29 is 19.0 Å². The third kappa shape index (κ3) is 5.54. The van der Waals surface area contributed by atoms with E-state index in [2.05, 4.69) is 22.9 Å². The highest BCUT2D eigenvalue weighted by atomic mass is 79.9. The van der Waals surface area contributed by atoms with Gasteiger partial charge < -0.3 is 14.2 Å². The van der Waals surface area contributed by atoms with Gasteiger partial charge in [-0.2, -0.15) is 0 Å². The Morgan fingerprint density at radius 1 is 1.10 bits per heavy atom. The number of carbonyl (C=O) groups is 1. The van der Waals surface area contributed by atoms with Crippen molar-refractivity contribution >= 4 is 44.5 Å². The van der Waals surface area contributed by atoms with E-state index in [-0.39, 0.29) is 11.2 Å². The third-order valence-electron chi connectivity index (χ3n) is 4.80. The van der Waals surface area contributed by atoms with Gasteiger partial charge in [-0.3, -0.25) is 9.69 Å². The lowest BCUT2D eigenvalue weighted by Gasteiger charge is -2.16. The zero-order valence-electron chi connectivity index (χ0n) is 18.2. The molecule has 31 heavy (non-hydrogen) atoms. The molecular weight excluding hydrogens is 480 g/mol. The number of halogens is 1. The number of thioether (sulfide) groups is 1. The van der Waals surface area contributed by atoms with Crippen LogP contribution < -0.4 is 14.2 Å². The monoisotopic (exact) mass is 506 g/mol. The fraction of sp³-hybridized carbons (Fsp3) is 0.391. The van der Waals surface area contributed by atoms with Crippen LogP contribution in [0, 0.1) is 0 Å². The number of methoxy groups -OCH3 is 2. The molecule has 2 aromatic rings. The lowest BCUT2D eigenvalue weighted by atomic mass is 10.1. The molecule has 8 heteroatoms. The molecule has 0 unspecified atom stereocenters. The summed E-state index contributed by atoms with van der Waals surface area (Å²) in [7, 11) is 3.25. The minimum atomic E-state index is -0.248. The van der Waals surface area contributed by atoms with Crippen LogP contribution in [0.1, 0.15) is 25.8 Å². The predicted octanol–water partition coefficient (Wildman–Crippen LogP) is 5.45. The lowest BCUT2D eigenvalue weighted by molar-refractivity contribution is -0.126. The van der Waals surface area contributed by atoms with Gasteiger partial charge in [-0.05, 0) is 61.7 Å². The Bertz CT molecular complexity index is 949. The van der Waals surface area contributed by atoms with E-state index in [1.165, 1.54) is 11.8 Å². The topological polar surface area (TPSA) is 60.4 Å². The molecule has 1 atom stereocenters. The maximum Gasteiger partial charge on any atom is 0.242 e. The Kier molecular flexibility index (Phi) is 8.26. The van der Waals surface area contributed by atoms with Gasteiger partial charge in [0.1, 0.15) is 5.75 Å². The van der Waals surface area contributed by atoms with Gasteiger partial charge in [-0.15, -0.1) is 0 Å². The van der Waals surface area contributed by atoms with E-state index in [4.69, 9.17) is 19.2 Å². The van der Waals surface area contributed by atoms with E-state index in [0.29, 0.717) is 31.1 Å². The van der Waals surface area contributed by atoms with Crippen molar-refractivity contribution in [2.24, 2.45) is 4.99 Å². The average Bonchev–Trinajstić information content (AvgIpc) is 3.05. The number of amides is 1. The predicted molar refractivity (Wildman–Crippen MR) is 129 cm³/mol. The first-order valence-corrected chi connectivity index (χ1v) is 11.9. The van der Waals surface area contributed by atoms with E-state index in [9.17, 15) is 4.79 Å². The molecule has 0 bridgehead atoms. The molecule has 1 heterocycles. The molecule has 0 radical (unpaired) electrons. The first kappa shape index (κ1) is 23.5. The smallest absolute Gasteiger partial charge is 0.242 e. The summed E-state index contributed by atoms with van der Waals surface area (Å²) < 4.78 is 17.2. The summed E-state index contributed by atoms with van der Waals surface area (Å²) in [6.07, 6.45) is 1.43. The SMILES string of the molecule is CCCN1C(=O)[C@@H](Cc2cc(OC)c(OCC)cc2Br)SC1=Nc1ccc(OC)cc1. The van der Waals surface area contributed by atoms with E-state index in [1.54, 1.807) is 19.1 Å². The van der Waals surface area contributed by atoms with Gasteiger partial charge in [-0.1, -0.05) is 34.6 Å². The summed E-state index contributed by atoms with van der Waals surface area (Å²) in [6, 6.07) is 11.4. The van der Waals surface area contributed by atoms with Gasteiger partial charge in [0.25, 0.3) is 0 Å². The molecule has 0 N–H and O–H groups in total. The van der Waals surface area contributed by atoms with Gasteiger partial charge in [0.2, 0.25) is 5.91 Å². The number of hydrogen-bond acceptors (Lipinski definition) is 6. The van der Waals surface area contributed by atoms with E-state index < -0.39 is 0 Å². The van der Waals surface area contributed by atoms with Crippen LogP contribution in [0.2, 0.25) is 0 Å². The van der Waals surface area contributed by atoms with Crippen LogP contribution in [0.15, 0.2) is 45.9 Å². The number of ether oxygens (including phenoxy) is 3. The minimum Gasteiger partial charge on any atom is -0.497 e. The number of benzene rings is 2. The normalized spacial score (nSPS) is 17.3. The molecule has 1 aliphatic heterocycles. The summed E-state index contributed by atoms with van der Waals surface area (Å²) in [5.41, 5.74) is 1.79. The number of amidine groups is 1. The second kappa shape index (κ2) is 10.9. The number of aliphatic imine (C=N–C) groups is 1. The summed E-state index contributed by atoms with van der Waals surface area (Å²) in [6.45, 7) is 5.19. The molecule has 166 valence electrons. The largest absolute Gasteiger partial charge is 0.497 e. The van der Waals surface area contributed by atoms with E-state index in [1.807, 2.05) is 43.3 Å². The Labute approximate surface area is 196 Å². The summed E-state index contributed by atoms with van der Waals surface area (Å²) in [5, 5.41) is 0.485. The first-order chi connectivity index (χ1) is 15.0. The lowest BCUT2D eigenvalue weighted by Crippen LogP contribution is -2.33. The second-order valence-electron chi connectivity index (χ2n) is 6.92. The molecule has 3 rings (SSSR count).